The highest BCUT2D eigenvalue weighted by Gasteiger charge is 2.46. The van der Waals surface area contributed by atoms with Gasteiger partial charge in [-0.2, -0.15) is 0 Å². The van der Waals surface area contributed by atoms with Crippen LogP contribution in [0.3, 0.4) is 0 Å². The zero-order valence-electron chi connectivity index (χ0n) is 30.7. The summed E-state index contributed by atoms with van der Waals surface area (Å²) in [6.07, 6.45) is 3.66. The number of anilines is 2. The minimum absolute atomic E-state index is 0.00850. The standard InChI is InChI=1S/C43H38N6O8/c44-39(52)32-23-46-33-10-4-3-8-30(33)38(32)47-28-18-16-26(17-19-28)25-12-14-27(15-13-25)40(53)45-22-5-1-2-7-29(50)24-57-35-11-6-9-31-37(35)43(56)49(42(31)55)34-20-21-36(51)48-41(34)54/h3-4,6,8-19,23,34H,1-2,5,7,20-22,24H2,(H2,44,52)(H,45,53)(H,46,47)(H,48,51,54). The lowest BCUT2D eigenvalue weighted by molar-refractivity contribution is -0.136. The third kappa shape index (κ3) is 8.25. The molecule has 7 rings (SSSR count). The van der Waals surface area contributed by atoms with Gasteiger partial charge in [-0.3, -0.25) is 48.8 Å². The molecule has 1 fully saturated rings. The Morgan fingerprint density at radius 1 is 0.842 bits per heavy atom. The normalized spacial score (nSPS) is 14.9. The van der Waals surface area contributed by atoms with Gasteiger partial charge in [-0.15, -0.1) is 0 Å². The van der Waals surface area contributed by atoms with Crippen LogP contribution in [0.4, 0.5) is 11.4 Å². The summed E-state index contributed by atoms with van der Waals surface area (Å²) >= 11 is 0. The average Bonchev–Trinajstić information content (AvgIpc) is 3.47. The summed E-state index contributed by atoms with van der Waals surface area (Å²) in [6, 6.07) is 25.8. The number of nitrogens with one attached hydrogen (secondary N) is 3. The van der Waals surface area contributed by atoms with E-state index in [1.165, 1.54) is 24.4 Å². The van der Waals surface area contributed by atoms with E-state index in [1.54, 1.807) is 12.1 Å². The number of piperidine rings is 1. The molecule has 0 radical (unpaired) electrons. The summed E-state index contributed by atoms with van der Waals surface area (Å²) in [7, 11) is 0. The molecule has 5 N–H and O–H groups in total. The van der Waals surface area contributed by atoms with Crippen molar-refractivity contribution < 1.29 is 38.3 Å². The van der Waals surface area contributed by atoms with Crippen molar-refractivity contribution in [1.29, 1.82) is 0 Å². The number of amides is 6. The number of primary amides is 1. The van der Waals surface area contributed by atoms with Gasteiger partial charge in [-0.05, 0) is 72.9 Å². The van der Waals surface area contributed by atoms with Crippen LogP contribution in [0.25, 0.3) is 22.0 Å². The SMILES string of the molecule is NC(=O)c1cnc2ccccc2c1Nc1ccc(-c2ccc(C(=O)NCCCCCC(=O)COc3cccc4c3C(=O)N(C3CCC(=O)NC3=O)C4=O)cc2)cc1. The van der Waals surface area contributed by atoms with Gasteiger partial charge in [0.15, 0.2) is 5.78 Å². The molecule has 14 heteroatoms. The van der Waals surface area contributed by atoms with E-state index in [9.17, 15) is 33.6 Å². The Morgan fingerprint density at radius 2 is 1.58 bits per heavy atom. The fourth-order valence-corrected chi connectivity index (χ4v) is 6.93. The summed E-state index contributed by atoms with van der Waals surface area (Å²) in [5, 5.41) is 9.17. The quantitative estimate of drug-likeness (QED) is 0.0821. The van der Waals surface area contributed by atoms with Crippen molar-refractivity contribution in [2.24, 2.45) is 5.73 Å². The zero-order valence-corrected chi connectivity index (χ0v) is 30.7. The molecule has 1 atom stereocenters. The number of carbonyl (C=O) groups is 7. The van der Waals surface area contributed by atoms with Crippen LogP contribution in [-0.2, 0) is 14.4 Å². The highest BCUT2D eigenvalue weighted by molar-refractivity contribution is 6.24. The number of carbonyl (C=O) groups excluding carboxylic acids is 7. The number of nitrogens with two attached hydrogens (primary N) is 1. The molecule has 5 aromatic rings. The number of aromatic nitrogens is 1. The Morgan fingerprint density at radius 3 is 2.32 bits per heavy atom. The van der Waals surface area contributed by atoms with Crippen LogP contribution in [0.5, 0.6) is 5.75 Å². The number of nitrogens with zero attached hydrogens (tertiary/aromatic N) is 2. The van der Waals surface area contributed by atoms with Crippen LogP contribution < -0.4 is 26.4 Å². The number of para-hydroxylation sites is 1. The zero-order chi connectivity index (χ0) is 40.1. The third-order valence-electron chi connectivity index (χ3n) is 9.91. The molecule has 1 unspecified atom stereocenters. The Kier molecular flexibility index (Phi) is 11.1. The van der Waals surface area contributed by atoms with Crippen LogP contribution in [0.2, 0.25) is 0 Å². The molecule has 2 aliphatic heterocycles. The van der Waals surface area contributed by atoms with Gasteiger partial charge in [0.25, 0.3) is 23.6 Å². The van der Waals surface area contributed by atoms with Crippen molar-refractivity contribution in [2.75, 3.05) is 18.5 Å². The van der Waals surface area contributed by atoms with Gasteiger partial charge >= 0.3 is 0 Å². The van der Waals surface area contributed by atoms with E-state index in [-0.39, 0.29) is 54.4 Å². The smallest absolute Gasteiger partial charge is 0.266 e. The van der Waals surface area contributed by atoms with Gasteiger partial charge in [0.1, 0.15) is 18.4 Å². The predicted molar refractivity (Wildman–Crippen MR) is 210 cm³/mol. The second kappa shape index (κ2) is 16.7. The number of benzene rings is 4. The monoisotopic (exact) mass is 766 g/mol. The van der Waals surface area contributed by atoms with Gasteiger partial charge < -0.3 is 21.1 Å². The summed E-state index contributed by atoms with van der Waals surface area (Å²) in [5.74, 6) is -3.43. The lowest BCUT2D eigenvalue weighted by Crippen LogP contribution is -2.54. The Hall–Kier alpha value is -7.22. The summed E-state index contributed by atoms with van der Waals surface area (Å²) in [6.45, 7) is 0.130. The first-order valence-corrected chi connectivity index (χ1v) is 18.5. The number of unbranched alkanes of at least 4 members (excludes halogenated alkanes) is 2. The molecule has 6 amide bonds. The number of hydrogen-bond acceptors (Lipinski definition) is 10. The Labute approximate surface area is 326 Å². The highest BCUT2D eigenvalue weighted by atomic mass is 16.5. The van der Waals surface area contributed by atoms with E-state index >= 15 is 0 Å². The van der Waals surface area contributed by atoms with E-state index in [4.69, 9.17) is 10.5 Å². The highest BCUT2D eigenvalue weighted by Crippen LogP contribution is 2.34. The molecular formula is C43H38N6O8. The predicted octanol–water partition coefficient (Wildman–Crippen LogP) is 5.08. The van der Waals surface area contributed by atoms with E-state index < -0.39 is 35.6 Å². The molecule has 4 aromatic carbocycles. The second-order valence-electron chi connectivity index (χ2n) is 13.7. The van der Waals surface area contributed by atoms with Crippen LogP contribution >= 0.6 is 0 Å². The van der Waals surface area contributed by atoms with Crippen molar-refractivity contribution in [3.8, 4) is 16.9 Å². The fourth-order valence-electron chi connectivity index (χ4n) is 6.93. The first-order valence-electron chi connectivity index (χ1n) is 18.5. The molecule has 2 aliphatic rings. The molecule has 57 heavy (non-hydrogen) atoms. The van der Waals surface area contributed by atoms with Crippen molar-refractivity contribution in [3.05, 3.63) is 119 Å². The van der Waals surface area contributed by atoms with E-state index in [0.29, 0.717) is 42.6 Å². The number of Topliss-reactive ketones (excluding diaryl/α,β-unsaturated/α-hetero) is 1. The van der Waals surface area contributed by atoms with Gasteiger partial charge in [0.2, 0.25) is 11.8 Å². The van der Waals surface area contributed by atoms with E-state index in [1.807, 2.05) is 60.7 Å². The first-order chi connectivity index (χ1) is 27.6. The molecule has 0 saturated carbocycles. The van der Waals surface area contributed by atoms with Crippen LogP contribution in [0, 0.1) is 0 Å². The van der Waals surface area contributed by atoms with Gasteiger partial charge in [0.05, 0.1) is 27.9 Å². The van der Waals surface area contributed by atoms with Crippen molar-refractivity contribution >= 4 is 63.5 Å². The molecule has 14 nitrogen and oxygen atoms in total. The molecule has 1 aromatic heterocycles. The van der Waals surface area contributed by atoms with Gasteiger partial charge in [0, 0.05) is 42.2 Å². The molecule has 1 saturated heterocycles. The number of ether oxygens (including phenoxy) is 1. The maximum absolute atomic E-state index is 13.2. The summed E-state index contributed by atoms with van der Waals surface area (Å²) in [4.78, 5) is 92.9. The van der Waals surface area contributed by atoms with Crippen molar-refractivity contribution in [2.45, 2.75) is 44.6 Å². The summed E-state index contributed by atoms with van der Waals surface area (Å²) in [5.41, 5.74) is 10.4. The molecule has 0 aliphatic carbocycles. The molecule has 0 bridgehead atoms. The summed E-state index contributed by atoms with van der Waals surface area (Å²) < 4.78 is 5.68. The lowest BCUT2D eigenvalue weighted by Gasteiger charge is -2.27. The number of ketones is 1. The Bertz CT molecular complexity index is 2430. The van der Waals surface area contributed by atoms with Crippen LogP contribution in [0.15, 0.2) is 97.2 Å². The number of rotatable bonds is 15. The first kappa shape index (κ1) is 38.1. The van der Waals surface area contributed by atoms with Crippen LogP contribution in [-0.4, -0.2) is 70.3 Å². The van der Waals surface area contributed by atoms with E-state index in [0.717, 1.165) is 32.6 Å². The molecule has 288 valence electrons. The largest absolute Gasteiger partial charge is 0.485 e. The van der Waals surface area contributed by atoms with Crippen LogP contribution in [0.1, 0.15) is 80.0 Å². The molecule has 3 heterocycles. The minimum Gasteiger partial charge on any atom is -0.485 e. The molecular weight excluding hydrogens is 729 g/mol. The second-order valence-corrected chi connectivity index (χ2v) is 13.7. The lowest BCUT2D eigenvalue weighted by atomic mass is 10.0. The molecule has 0 spiro atoms. The number of fused-ring (bicyclic) bond motifs is 2. The minimum atomic E-state index is -1.10. The number of hydrogen-bond donors (Lipinski definition) is 4. The van der Waals surface area contributed by atoms with Gasteiger partial charge in [-0.1, -0.05) is 55.0 Å². The van der Waals surface area contributed by atoms with Gasteiger partial charge in [-0.25, -0.2) is 0 Å². The van der Waals surface area contributed by atoms with E-state index in [2.05, 4.69) is 20.9 Å². The maximum Gasteiger partial charge on any atom is 0.266 e. The average molecular weight is 767 g/mol. The van der Waals surface area contributed by atoms with Crippen molar-refractivity contribution in [3.63, 3.8) is 0 Å². The van der Waals surface area contributed by atoms with Crippen molar-refractivity contribution in [1.82, 2.24) is 20.5 Å². The fraction of sp³-hybridized carbons (Fsp3) is 0.209. The Balaban J connectivity index is 0.836. The number of imide groups is 2. The maximum atomic E-state index is 13.2. The third-order valence-corrected chi connectivity index (χ3v) is 9.91. The number of pyridine rings is 1. The topological polar surface area (TPSA) is 207 Å².